The fourth-order valence-electron chi connectivity index (χ4n) is 0.859. The van der Waals surface area contributed by atoms with Crippen molar-refractivity contribution >= 4 is 11.8 Å². The number of aliphatic hydroxyl groups excluding tert-OH is 1. The second-order valence-corrected chi connectivity index (χ2v) is 3.76. The van der Waals surface area contributed by atoms with E-state index in [1.807, 2.05) is 19.2 Å². The van der Waals surface area contributed by atoms with Crippen molar-refractivity contribution in [3.8, 4) is 0 Å². The van der Waals surface area contributed by atoms with Crippen molar-refractivity contribution in [3.05, 3.63) is 24.5 Å². The summed E-state index contributed by atoms with van der Waals surface area (Å²) in [5, 5.41) is 12.0. The van der Waals surface area contributed by atoms with E-state index in [-0.39, 0.29) is 12.6 Å². The largest absolute Gasteiger partial charge is 0.395 e. The quantitative estimate of drug-likeness (QED) is 0.685. The summed E-state index contributed by atoms with van der Waals surface area (Å²) in [6, 6.07) is 4.10. The minimum atomic E-state index is 0.165. The number of rotatable bonds is 5. The molecule has 1 aromatic heterocycles. The normalized spacial score (nSPS) is 12.8. The molecule has 0 radical (unpaired) electrons. The van der Waals surface area contributed by atoms with Gasteiger partial charge in [-0.05, 0) is 19.2 Å². The van der Waals surface area contributed by atoms with Gasteiger partial charge in [0.2, 0.25) is 0 Å². The zero-order valence-electron chi connectivity index (χ0n) is 7.60. The van der Waals surface area contributed by atoms with E-state index in [0.29, 0.717) is 0 Å². The molecule has 1 aromatic rings. The van der Waals surface area contributed by atoms with Crippen molar-refractivity contribution < 1.29 is 5.11 Å². The number of aliphatic hydroxyl groups is 1. The van der Waals surface area contributed by atoms with Gasteiger partial charge < -0.3 is 10.4 Å². The molecular formula is C9H14N2OS. The summed E-state index contributed by atoms with van der Waals surface area (Å²) >= 11 is 1.72. The van der Waals surface area contributed by atoms with Gasteiger partial charge in [-0.15, -0.1) is 11.8 Å². The van der Waals surface area contributed by atoms with Crippen LogP contribution in [0.3, 0.4) is 0 Å². The number of pyridine rings is 1. The van der Waals surface area contributed by atoms with Gasteiger partial charge in [0.25, 0.3) is 0 Å². The van der Waals surface area contributed by atoms with Crippen LogP contribution in [0, 0.1) is 0 Å². The maximum Gasteiger partial charge on any atom is 0.0592 e. The molecule has 0 amide bonds. The van der Waals surface area contributed by atoms with Crippen LogP contribution in [0.2, 0.25) is 0 Å². The number of thioether (sulfide) groups is 1. The summed E-state index contributed by atoms with van der Waals surface area (Å²) in [7, 11) is 1.86. The molecule has 0 saturated carbocycles. The first-order valence-electron chi connectivity index (χ1n) is 4.17. The Bertz CT molecular complexity index is 226. The van der Waals surface area contributed by atoms with Crippen molar-refractivity contribution in [2.75, 3.05) is 19.4 Å². The molecule has 1 unspecified atom stereocenters. The zero-order valence-corrected chi connectivity index (χ0v) is 8.42. The Morgan fingerprint density at radius 2 is 2.23 bits per heavy atom. The molecule has 13 heavy (non-hydrogen) atoms. The predicted octanol–water partition coefficient (Wildman–Crippen LogP) is 0.754. The summed E-state index contributed by atoms with van der Waals surface area (Å²) in [4.78, 5) is 5.12. The Morgan fingerprint density at radius 1 is 1.54 bits per heavy atom. The van der Waals surface area contributed by atoms with Crippen LogP contribution in [0.15, 0.2) is 29.4 Å². The highest BCUT2D eigenvalue weighted by Crippen LogP contribution is 2.16. The average molecular weight is 198 g/mol. The van der Waals surface area contributed by atoms with Gasteiger partial charge in [-0.25, -0.2) is 0 Å². The molecule has 1 atom stereocenters. The Kier molecular flexibility index (Phi) is 4.82. The summed E-state index contributed by atoms with van der Waals surface area (Å²) in [6.45, 7) is 0.175. The molecular weight excluding hydrogens is 184 g/mol. The number of nitrogens with one attached hydrogen (secondary N) is 1. The third-order valence-corrected chi connectivity index (χ3v) is 2.90. The third kappa shape index (κ3) is 3.76. The number of hydrogen-bond donors (Lipinski definition) is 2. The maximum absolute atomic E-state index is 8.92. The van der Waals surface area contributed by atoms with Gasteiger partial charge in [-0.1, -0.05) is 0 Å². The molecule has 1 heterocycles. The van der Waals surface area contributed by atoms with Crippen LogP contribution in [0.5, 0.6) is 0 Å². The second-order valence-electron chi connectivity index (χ2n) is 2.66. The van der Waals surface area contributed by atoms with Crippen LogP contribution in [0.1, 0.15) is 0 Å². The lowest BCUT2D eigenvalue weighted by molar-refractivity contribution is 0.260. The zero-order chi connectivity index (χ0) is 9.52. The van der Waals surface area contributed by atoms with E-state index in [1.165, 1.54) is 4.90 Å². The number of likely N-dealkylation sites (N-methyl/N-ethyl adjacent to an activating group) is 1. The minimum Gasteiger partial charge on any atom is -0.395 e. The minimum absolute atomic E-state index is 0.165. The van der Waals surface area contributed by atoms with Gasteiger partial charge in [0.1, 0.15) is 0 Å². The molecule has 0 saturated heterocycles. The highest BCUT2D eigenvalue weighted by atomic mass is 32.2. The molecule has 0 fully saturated rings. The van der Waals surface area contributed by atoms with Gasteiger partial charge in [-0.2, -0.15) is 0 Å². The van der Waals surface area contributed by atoms with Gasteiger partial charge in [0.05, 0.1) is 6.61 Å². The third-order valence-electron chi connectivity index (χ3n) is 1.73. The van der Waals surface area contributed by atoms with E-state index in [2.05, 4.69) is 10.3 Å². The van der Waals surface area contributed by atoms with Crippen LogP contribution in [0.4, 0.5) is 0 Å². The fourth-order valence-corrected chi connectivity index (χ4v) is 1.84. The van der Waals surface area contributed by atoms with Crippen LogP contribution in [-0.4, -0.2) is 35.5 Å². The van der Waals surface area contributed by atoms with Crippen LogP contribution >= 0.6 is 11.8 Å². The lowest BCUT2D eigenvalue weighted by atomic mass is 10.4. The molecule has 1 rings (SSSR count). The number of nitrogens with zero attached hydrogens (tertiary/aromatic N) is 1. The molecule has 0 bridgehead atoms. The first-order valence-corrected chi connectivity index (χ1v) is 5.16. The van der Waals surface area contributed by atoms with E-state index in [9.17, 15) is 0 Å². The van der Waals surface area contributed by atoms with E-state index >= 15 is 0 Å². The van der Waals surface area contributed by atoms with Crippen LogP contribution in [-0.2, 0) is 0 Å². The van der Waals surface area contributed by atoms with Gasteiger partial charge in [-0.3, -0.25) is 4.98 Å². The first-order chi connectivity index (χ1) is 6.36. The maximum atomic E-state index is 8.92. The average Bonchev–Trinajstić information content (AvgIpc) is 2.21. The van der Waals surface area contributed by atoms with E-state index < -0.39 is 0 Å². The highest BCUT2D eigenvalue weighted by Gasteiger charge is 2.03. The van der Waals surface area contributed by atoms with Crippen molar-refractivity contribution in [2.45, 2.75) is 10.9 Å². The summed E-state index contributed by atoms with van der Waals surface area (Å²) in [6.07, 6.45) is 3.55. The van der Waals surface area contributed by atoms with Crippen molar-refractivity contribution in [3.63, 3.8) is 0 Å². The SMILES string of the molecule is CNC(CO)CSc1ccncc1. The number of hydrogen-bond acceptors (Lipinski definition) is 4. The van der Waals surface area contributed by atoms with Crippen molar-refractivity contribution in [2.24, 2.45) is 0 Å². The summed E-state index contributed by atoms with van der Waals surface area (Å²) < 4.78 is 0. The van der Waals surface area contributed by atoms with E-state index in [1.54, 1.807) is 24.2 Å². The Labute approximate surface area is 82.6 Å². The van der Waals surface area contributed by atoms with E-state index in [4.69, 9.17) is 5.11 Å². The predicted molar refractivity (Wildman–Crippen MR) is 54.9 cm³/mol. The van der Waals surface area contributed by atoms with E-state index in [0.717, 1.165) is 5.75 Å². The number of aromatic nitrogens is 1. The Balaban J connectivity index is 2.34. The van der Waals surface area contributed by atoms with Crippen LogP contribution < -0.4 is 5.32 Å². The molecule has 0 aliphatic carbocycles. The molecule has 72 valence electrons. The Morgan fingerprint density at radius 3 is 2.77 bits per heavy atom. The monoisotopic (exact) mass is 198 g/mol. The van der Waals surface area contributed by atoms with Crippen molar-refractivity contribution in [1.82, 2.24) is 10.3 Å². The summed E-state index contributed by atoms with van der Waals surface area (Å²) in [5.41, 5.74) is 0. The van der Waals surface area contributed by atoms with Gasteiger partial charge >= 0.3 is 0 Å². The fraction of sp³-hybridized carbons (Fsp3) is 0.444. The molecule has 0 spiro atoms. The smallest absolute Gasteiger partial charge is 0.0592 e. The summed E-state index contributed by atoms with van der Waals surface area (Å²) in [5.74, 6) is 0.872. The molecule has 2 N–H and O–H groups in total. The first kappa shape index (κ1) is 10.5. The lowest BCUT2D eigenvalue weighted by Crippen LogP contribution is -2.31. The molecule has 0 aliphatic rings. The molecule has 0 aromatic carbocycles. The molecule has 4 heteroatoms. The van der Waals surface area contributed by atoms with Gasteiger partial charge in [0, 0.05) is 29.1 Å². The van der Waals surface area contributed by atoms with Crippen LogP contribution in [0.25, 0.3) is 0 Å². The molecule has 3 nitrogen and oxygen atoms in total. The topological polar surface area (TPSA) is 45.1 Å². The van der Waals surface area contributed by atoms with Gasteiger partial charge in [0.15, 0.2) is 0 Å². The Hall–Kier alpha value is -0.580. The highest BCUT2D eigenvalue weighted by molar-refractivity contribution is 7.99. The standard InChI is InChI=1S/C9H14N2OS/c1-10-8(6-12)7-13-9-2-4-11-5-3-9/h2-5,8,10,12H,6-7H2,1H3. The second kappa shape index (κ2) is 5.96. The van der Waals surface area contributed by atoms with Crippen molar-refractivity contribution in [1.29, 1.82) is 0 Å². The lowest BCUT2D eigenvalue weighted by Gasteiger charge is -2.11. The molecule has 0 aliphatic heterocycles.